The lowest BCUT2D eigenvalue weighted by atomic mass is 10.3. The third-order valence-corrected chi connectivity index (χ3v) is 1.85. The highest BCUT2D eigenvalue weighted by molar-refractivity contribution is 6.33. The Morgan fingerprint density at radius 2 is 2.07 bits per heavy atom. The molecule has 0 fully saturated rings. The van der Waals surface area contributed by atoms with Crippen LogP contribution in [0.2, 0.25) is 5.02 Å². The molecule has 0 aromatic heterocycles. The summed E-state index contributed by atoms with van der Waals surface area (Å²) in [5.41, 5.74) is 5.85. The maximum absolute atomic E-state index is 11.1. The zero-order valence-corrected chi connectivity index (χ0v) is 9.07. The number of halogens is 2. The van der Waals surface area contributed by atoms with Crippen LogP contribution in [0, 0.1) is 0 Å². The summed E-state index contributed by atoms with van der Waals surface area (Å²) < 4.78 is 0. The van der Waals surface area contributed by atoms with E-state index in [0.717, 1.165) is 0 Å². The molecule has 0 radical (unpaired) electrons. The molecule has 5 heteroatoms. The largest absolute Gasteiger partial charge is 0.330 e. The zero-order chi connectivity index (χ0) is 9.68. The van der Waals surface area contributed by atoms with Crippen LogP contribution in [0.25, 0.3) is 0 Å². The molecule has 0 aliphatic rings. The van der Waals surface area contributed by atoms with Gasteiger partial charge in [-0.15, -0.1) is 12.4 Å². The van der Waals surface area contributed by atoms with E-state index in [-0.39, 0.29) is 18.3 Å². The lowest BCUT2D eigenvalue weighted by Gasteiger charge is -2.05. The minimum Gasteiger partial charge on any atom is -0.330 e. The van der Waals surface area contributed by atoms with Crippen LogP contribution in [0.4, 0.5) is 5.69 Å². The number of benzene rings is 1. The van der Waals surface area contributed by atoms with Crippen molar-refractivity contribution in [3.63, 3.8) is 0 Å². The Labute approximate surface area is 94.0 Å². The van der Waals surface area contributed by atoms with E-state index in [1.54, 1.807) is 18.2 Å². The Bertz CT molecular complexity index is 305. The van der Waals surface area contributed by atoms with Crippen molar-refractivity contribution < 1.29 is 4.79 Å². The molecule has 0 saturated heterocycles. The summed E-state index contributed by atoms with van der Waals surface area (Å²) >= 11 is 5.82. The van der Waals surface area contributed by atoms with Gasteiger partial charge in [0.15, 0.2) is 0 Å². The topological polar surface area (TPSA) is 55.1 Å². The third kappa shape index (κ3) is 3.96. The predicted octanol–water partition coefficient (Wildman–Crippen LogP) is 2.05. The van der Waals surface area contributed by atoms with Gasteiger partial charge in [0.2, 0.25) is 5.91 Å². The summed E-state index contributed by atoms with van der Waals surface area (Å²) in [5, 5.41) is 3.20. The molecule has 0 saturated carbocycles. The molecule has 0 unspecified atom stereocenters. The Morgan fingerprint density at radius 1 is 1.43 bits per heavy atom. The number of nitrogens with one attached hydrogen (secondary N) is 1. The number of nitrogens with two attached hydrogens (primary N) is 1. The van der Waals surface area contributed by atoms with Gasteiger partial charge in [0.25, 0.3) is 0 Å². The lowest BCUT2D eigenvalue weighted by molar-refractivity contribution is -0.116. The van der Waals surface area contributed by atoms with Crippen LogP contribution in [0.3, 0.4) is 0 Å². The first-order valence-electron chi connectivity index (χ1n) is 3.98. The van der Waals surface area contributed by atoms with Gasteiger partial charge >= 0.3 is 0 Å². The Kier molecular flexibility index (Phi) is 6.28. The van der Waals surface area contributed by atoms with E-state index >= 15 is 0 Å². The number of anilines is 1. The molecule has 14 heavy (non-hydrogen) atoms. The number of hydrogen-bond acceptors (Lipinski definition) is 2. The molecule has 1 rings (SSSR count). The van der Waals surface area contributed by atoms with Crippen LogP contribution in [-0.4, -0.2) is 12.5 Å². The van der Waals surface area contributed by atoms with Crippen LogP contribution in [0.5, 0.6) is 0 Å². The monoisotopic (exact) mass is 234 g/mol. The first-order valence-corrected chi connectivity index (χ1v) is 4.36. The van der Waals surface area contributed by atoms with Gasteiger partial charge in [0.1, 0.15) is 0 Å². The second kappa shape index (κ2) is 6.65. The summed E-state index contributed by atoms with van der Waals surface area (Å²) in [5.74, 6) is -0.115. The normalized spacial score (nSPS) is 9.00. The molecule has 1 amide bonds. The van der Waals surface area contributed by atoms with Gasteiger partial charge in [-0.25, -0.2) is 0 Å². The van der Waals surface area contributed by atoms with Crippen molar-refractivity contribution in [1.82, 2.24) is 0 Å². The van der Waals surface area contributed by atoms with Gasteiger partial charge in [0, 0.05) is 13.0 Å². The first kappa shape index (κ1) is 13.2. The number of hydrogen-bond donors (Lipinski definition) is 2. The molecular formula is C9H12Cl2N2O. The smallest absolute Gasteiger partial charge is 0.225 e. The number of amides is 1. The van der Waals surface area contributed by atoms with Gasteiger partial charge in [-0.1, -0.05) is 23.7 Å². The predicted molar refractivity (Wildman–Crippen MR) is 61.0 cm³/mol. The molecule has 0 aliphatic heterocycles. The average Bonchev–Trinajstić information content (AvgIpc) is 2.09. The molecular weight excluding hydrogens is 223 g/mol. The van der Waals surface area contributed by atoms with E-state index < -0.39 is 0 Å². The van der Waals surface area contributed by atoms with Gasteiger partial charge < -0.3 is 11.1 Å². The summed E-state index contributed by atoms with van der Waals surface area (Å²) in [4.78, 5) is 11.1. The van der Waals surface area contributed by atoms with Gasteiger partial charge in [-0.3, -0.25) is 4.79 Å². The minimum atomic E-state index is -0.115. The number of carbonyl (C=O) groups is 1. The molecule has 1 aromatic rings. The van der Waals surface area contributed by atoms with Crippen molar-refractivity contribution in [2.45, 2.75) is 6.42 Å². The highest BCUT2D eigenvalue weighted by Gasteiger charge is 2.02. The van der Waals surface area contributed by atoms with Crippen LogP contribution >= 0.6 is 24.0 Å². The summed E-state index contributed by atoms with van der Waals surface area (Å²) in [6, 6.07) is 7.08. The molecule has 78 valence electrons. The van der Waals surface area contributed by atoms with Crippen molar-refractivity contribution in [1.29, 1.82) is 0 Å². The van der Waals surface area contributed by atoms with E-state index in [9.17, 15) is 4.79 Å². The summed E-state index contributed by atoms with van der Waals surface area (Å²) in [6.07, 6.45) is 0.311. The van der Waals surface area contributed by atoms with Gasteiger partial charge in [0.05, 0.1) is 10.7 Å². The maximum Gasteiger partial charge on any atom is 0.225 e. The highest BCUT2D eigenvalue weighted by atomic mass is 35.5. The summed E-state index contributed by atoms with van der Waals surface area (Å²) in [7, 11) is 0. The number of carbonyl (C=O) groups excluding carboxylic acids is 1. The zero-order valence-electron chi connectivity index (χ0n) is 7.50. The number of para-hydroxylation sites is 1. The molecule has 0 bridgehead atoms. The van der Waals surface area contributed by atoms with Crippen LogP contribution in [0.1, 0.15) is 6.42 Å². The molecule has 0 heterocycles. The first-order chi connectivity index (χ1) is 6.24. The standard InChI is InChI=1S/C9H11ClN2O.ClH/c10-7-3-1-2-4-8(7)12-9(13)5-6-11;/h1-4H,5-6,11H2,(H,12,13);1H. The van der Waals surface area contributed by atoms with Crippen LogP contribution in [0.15, 0.2) is 24.3 Å². The Balaban J connectivity index is 0.00000169. The number of rotatable bonds is 3. The maximum atomic E-state index is 11.1. The average molecular weight is 235 g/mol. The van der Waals surface area contributed by atoms with E-state index in [1.807, 2.05) is 6.07 Å². The van der Waals surface area contributed by atoms with Crippen molar-refractivity contribution in [3.05, 3.63) is 29.3 Å². The lowest BCUT2D eigenvalue weighted by Crippen LogP contribution is -2.16. The van der Waals surface area contributed by atoms with E-state index in [1.165, 1.54) is 0 Å². The van der Waals surface area contributed by atoms with E-state index in [4.69, 9.17) is 17.3 Å². The van der Waals surface area contributed by atoms with Crippen molar-refractivity contribution in [3.8, 4) is 0 Å². The second-order valence-corrected chi connectivity index (χ2v) is 2.97. The molecule has 0 spiro atoms. The van der Waals surface area contributed by atoms with Crippen molar-refractivity contribution in [2.75, 3.05) is 11.9 Å². The molecule has 3 N–H and O–H groups in total. The van der Waals surface area contributed by atoms with Crippen molar-refractivity contribution >= 4 is 35.6 Å². The molecule has 0 aliphatic carbocycles. The SMILES string of the molecule is Cl.NCCC(=O)Nc1ccccc1Cl. The molecule has 1 aromatic carbocycles. The third-order valence-electron chi connectivity index (χ3n) is 1.52. The van der Waals surface area contributed by atoms with Gasteiger partial charge in [-0.05, 0) is 12.1 Å². The fourth-order valence-corrected chi connectivity index (χ4v) is 1.09. The van der Waals surface area contributed by atoms with Crippen molar-refractivity contribution in [2.24, 2.45) is 5.73 Å². The quantitative estimate of drug-likeness (QED) is 0.842. The van der Waals surface area contributed by atoms with E-state index in [0.29, 0.717) is 23.7 Å². The van der Waals surface area contributed by atoms with Crippen LogP contribution in [-0.2, 0) is 4.79 Å². The highest BCUT2D eigenvalue weighted by Crippen LogP contribution is 2.20. The summed E-state index contributed by atoms with van der Waals surface area (Å²) in [6.45, 7) is 0.344. The van der Waals surface area contributed by atoms with Gasteiger partial charge in [-0.2, -0.15) is 0 Å². The van der Waals surface area contributed by atoms with Crippen LogP contribution < -0.4 is 11.1 Å². The second-order valence-electron chi connectivity index (χ2n) is 2.57. The molecule has 0 atom stereocenters. The van der Waals surface area contributed by atoms with E-state index in [2.05, 4.69) is 5.32 Å². The minimum absolute atomic E-state index is 0. The fraction of sp³-hybridized carbons (Fsp3) is 0.222. The molecule has 3 nitrogen and oxygen atoms in total. The Morgan fingerprint density at radius 3 is 2.64 bits per heavy atom. The fourth-order valence-electron chi connectivity index (χ4n) is 0.906. The Hall–Kier alpha value is -0.770.